The normalized spacial score (nSPS) is 17.3. The summed E-state index contributed by atoms with van der Waals surface area (Å²) in [5, 5.41) is 16.5. The standard InChI is InChI=1S/C30H38Cl2N6O2/c1-38(2,39)14-7-22-5-10-36(11-6-22)21-23-15-28(24-17-25(31)19-26(32)18-24)35-30(16-23)40-27-3-4-29(34-20-27)37-12-8-33-9-13-37/h3-4,15-20,22,33H,5-14,21H2,1-2H3. The molecule has 0 amide bonds. The lowest BCUT2D eigenvalue weighted by Gasteiger charge is -2.37. The van der Waals surface area contributed by atoms with Gasteiger partial charge in [0.2, 0.25) is 5.88 Å². The van der Waals surface area contributed by atoms with E-state index in [0.29, 0.717) is 34.1 Å². The maximum Gasteiger partial charge on any atom is 0.220 e. The number of benzene rings is 1. The number of piperazine rings is 1. The molecule has 40 heavy (non-hydrogen) atoms. The highest BCUT2D eigenvalue weighted by Gasteiger charge is 2.21. The van der Waals surface area contributed by atoms with E-state index in [1.165, 1.54) is 0 Å². The molecule has 2 saturated heterocycles. The van der Waals surface area contributed by atoms with Gasteiger partial charge in [-0.3, -0.25) is 4.90 Å². The van der Waals surface area contributed by atoms with Crippen LogP contribution in [-0.4, -0.2) is 79.4 Å². The van der Waals surface area contributed by atoms with E-state index in [4.69, 9.17) is 32.9 Å². The van der Waals surface area contributed by atoms with Crippen LogP contribution in [0.3, 0.4) is 0 Å². The van der Waals surface area contributed by atoms with E-state index in [0.717, 1.165) is 87.7 Å². The van der Waals surface area contributed by atoms with Crippen LogP contribution < -0.4 is 15.0 Å². The van der Waals surface area contributed by atoms with Gasteiger partial charge in [-0.2, -0.15) is 0 Å². The zero-order valence-corrected chi connectivity index (χ0v) is 24.8. The van der Waals surface area contributed by atoms with E-state index < -0.39 is 0 Å². The topological polar surface area (TPSA) is 76.6 Å². The molecule has 2 aromatic heterocycles. The second-order valence-corrected chi connectivity index (χ2v) is 12.2. The number of pyridine rings is 2. The molecule has 5 rings (SSSR count). The molecule has 0 radical (unpaired) electrons. The SMILES string of the molecule is C[N+](C)([O-])CCC1CCN(Cc2cc(Oc3ccc(N4CCNCC4)nc3)nc(-c3cc(Cl)cc(Cl)c3)c2)CC1. The Labute approximate surface area is 247 Å². The van der Waals surface area contributed by atoms with Crippen LogP contribution in [0.1, 0.15) is 24.8 Å². The number of quaternary nitrogens is 1. The molecule has 4 heterocycles. The third-order valence-corrected chi connectivity index (χ3v) is 8.03. The van der Waals surface area contributed by atoms with Gasteiger partial charge >= 0.3 is 0 Å². The number of rotatable bonds is 9. The molecular weight excluding hydrogens is 547 g/mol. The van der Waals surface area contributed by atoms with Gasteiger partial charge in [-0.05, 0) is 80.2 Å². The number of ether oxygens (including phenoxy) is 1. The Morgan fingerprint density at radius 3 is 2.38 bits per heavy atom. The minimum absolute atomic E-state index is 0.218. The smallest absolute Gasteiger partial charge is 0.220 e. The van der Waals surface area contributed by atoms with Crippen molar-refractivity contribution in [2.75, 3.05) is 64.8 Å². The molecule has 0 saturated carbocycles. The lowest BCUT2D eigenvalue weighted by atomic mass is 9.93. The Hall–Kier alpha value is -2.46. The van der Waals surface area contributed by atoms with E-state index in [2.05, 4.69) is 26.2 Å². The number of nitrogens with zero attached hydrogens (tertiary/aromatic N) is 5. The molecule has 2 aliphatic heterocycles. The van der Waals surface area contributed by atoms with Crippen LogP contribution in [0.2, 0.25) is 10.0 Å². The predicted molar refractivity (Wildman–Crippen MR) is 162 cm³/mol. The Morgan fingerprint density at radius 2 is 1.73 bits per heavy atom. The van der Waals surface area contributed by atoms with Gasteiger partial charge in [0.25, 0.3) is 0 Å². The number of piperidine rings is 1. The molecule has 214 valence electrons. The summed E-state index contributed by atoms with van der Waals surface area (Å²) < 4.78 is 6.02. The number of likely N-dealkylation sites (tertiary alicyclic amines) is 1. The molecule has 2 fully saturated rings. The Bertz CT molecular complexity index is 1250. The molecule has 0 unspecified atom stereocenters. The average Bonchev–Trinajstić information content (AvgIpc) is 2.92. The summed E-state index contributed by atoms with van der Waals surface area (Å²) >= 11 is 12.6. The minimum Gasteiger partial charge on any atom is -0.633 e. The Balaban J connectivity index is 1.32. The van der Waals surface area contributed by atoms with Gasteiger partial charge in [-0.15, -0.1) is 0 Å². The number of halogens is 2. The zero-order chi connectivity index (χ0) is 28.1. The summed E-state index contributed by atoms with van der Waals surface area (Å²) in [4.78, 5) is 14.2. The second-order valence-electron chi connectivity index (χ2n) is 11.4. The molecule has 0 bridgehead atoms. The predicted octanol–water partition coefficient (Wildman–Crippen LogP) is 5.83. The molecule has 2 aliphatic rings. The summed E-state index contributed by atoms with van der Waals surface area (Å²) in [7, 11) is 3.44. The Kier molecular flexibility index (Phi) is 9.45. The van der Waals surface area contributed by atoms with Crippen molar-refractivity contribution in [1.29, 1.82) is 0 Å². The summed E-state index contributed by atoms with van der Waals surface area (Å²) in [6, 6.07) is 13.5. The third kappa shape index (κ3) is 8.28. The van der Waals surface area contributed by atoms with Crippen molar-refractivity contribution in [3.8, 4) is 22.9 Å². The van der Waals surface area contributed by atoms with E-state index in [-0.39, 0.29) is 4.65 Å². The number of hydroxylamine groups is 3. The lowest BCUT2D eigenvalue weighted by Crippen LogP contribution is -2.43. The number of anilines is 1. The van der Waals surface area contributed by atoms with Crippen molar-refractivity contribution in [1.82, 2.24) is 20.2 Å². The van der Waals surface area contributed by atoms with Crippen LogP contribution >= 0.6 is 23.2 Å². The quantitative estimate of drug-likeness (QED) is 0.250. The first-order chi connectivity index (χ1) is 19.2. The molecule has 0 atom stereocenters. The van der Waals surface area contributed by atoms with Gasteiger partial charge in [0.05, 0.1) is 32.5 Å². The number of aromatic nitrogens is 2. The van der Waals surface area contributed by atoms with Gasteiger partial charge in [-0.25, -0.2) is 9.97 Å². The fraction of sp³-hybridized carbons (Fsp3) is 0.467. The minimum atomic E-state index is -0.218. The monoisotopic (exact) mass is 584 g/mol. The van der Waals surface area contributed by atoms with Gasteiger partial charge in [0.1, 0.15) is 11.6 Å². The van der Waals surface area contributed by atoms with Crippen LogP contribution in [0.4, 0.5) is 5.82 Å². The fourth-order valence-electron chi connectivity index (χ4n) is 5.37. The molecule has 8 nitrogen and oxygen atoms in total. The maximum absolute atomic E-state index is 12.0. The van der Waals surface area contributed by atoms with Crippen LogP contribution in [0.25, 0.3) is 11.3 Å². The first-order valence-electron chi connectivity index (χ1n) is 14.0. The van der Waals surface area contributed by atoms with Gasteiger partial charge in [0, 0.05) is 54.4 Å². The van der Waals surface area contributed by atoms with E-state index in [1.54, 1.807) is 26.4 Å². The van der Waals surface area contributed by atoms with E-state index >= 15 is 0 Å². The van der Waals surface area contributed by atoms with E-state index in [9.17, 15) is 5.21 Å². The zero-order valence-electron chi connectivity index (χ0n) is 23.3. The third-order valence-electron chi connectivity index (χ3n) is 7.59. The van der Waals surface area contributed by atoms with Crippen LogP contribution in [0.15, 0.2) is 48.7 Å². The maximum atomic E-state index is 12.0. The summed E-state index contributed by atoms with van der Waals surface area (Å²) in [5.74, 6) is 2.70. The number of hydrogen-bond donors (Lipinski definition) is 1. The second kappa shape index (κ2) is 13.0. The van der Waals surface area contributed by atoms with Gasteiger partial charge in [-0.1, -0.05) is 23.2 Å². The first kappa shape index (κ1) is 29.0. The number of nitrogens with one attached hydrogen (secondary N) is 1. The number of hydrogen-bond acceptors (Lipinski definition) is 7. The van der Waals surface area contributed by atoms with Crippen molar-refractivity contribution < 1.29 is 9.38 Å². The van der Waals surface area contributed by atoms with E-state index in [1.807, 2.05) is 30.3 Å². The van der Waals surface area contributed by atoms with Gasteiger partial charge in [0.15, 0.2) is 0 Å². The largest absolute Gasteiger partial charge is 0.633 e. The molecule has 0 aliphatic carbocycles. The highest BCUT2D eigenvalue weighted by atomic mass is 35.5. The lowest BCUT2D eigenvalue weighted by molar-refractivity contribution is -0.840. The van der Waals surface area contributed by atoms with Crippen molar-refractivity contribution in [2.24, 2.45) is 5.92 Å². The average molecular weight is 586 g/mol. The molecule has 3 aromatic rings. The molecule has 0 spiro atoms. The summed E-state index contributed by atoms with van der Waals surface area (Å²) in [6.07, 6.45) is 4.96. The molecule has 1 aromatic carbocycles. The van der Waals surface area contributed by atoms with Crippen LogP contribution in [-0.2, 0) is 6.54 Å². The Morgan fingerprint density at radius 1 is 1.00 bits per heavy atom. The fourth-order valence-corrected chi connectivity index (χ4v) is 5.90. The van der Waals surface area contributed by atoms with Crippen molar-refractivity contribution in [3.63, 3.8) is 0 Å². The summed E-state index contributed by atoms with van der Waals surface area (Å²) in [5.41, 5.74) is 2.71. The molecule has 1 N–H and O–H groups in total. The summed E-state index contributed by atoms with van der Waals surface area (Å²) in [6.45, 7) is 7.27. The highest BCUT2D eigenvalue weighted by Crippen LogP contribution is 2.31. The highest BCUT2D eigenvalue weighted by molar-refractivity contribution is 6.35. The van der Waals surface area contributed by atoms with Gasteiger partial charge < -0.3 is 24.8 Å². The first-order valence-corrected chi connectivity index (χ1v) is 14.8. The molecule has 10 heteroatoms. The van der Waals surface area contributed by atoms with Crippen LogP contribution in [0, 0.1) is 11.1 Å². The van der Waals surface area contributed by atoms with Crippen molar-refractivity contribution in [3.05, 3.63) is 69.5 Å². The van der Waals surface area contributed by atoms with Crippen molar-refractivity contribution in [2.45, 2.75) is 25.8 Å². The van der Waals surface area contributed by atoms with Crippen molar-refractivity contribution >= 4 is 29.0 Å². The molecular formula is C30H38Cl2N6O2. The van der Waals surface area contributed by atoms with Crippen LogP contribution in [0.5, 0.6) is 11.6 Å².